The van der Waals surface area contributed by atoms with Crippen LogP contribution in [0.15, 0.2) is 33.7 Å². The second-order valence-corrected chi connectivity index (χ2v) is 7.62. The summed E-state index contributed by atoms with van der Waals surface area (Å²) in [5.41, 5.74) is 1.60. The van der Waals surface area contributed by atoms with E-state index in [4.69, 9.17) is 0 Å². The van der Waals surface area contributed by atoms with Crippen molar-refractivity contribution in [2.24, 2.45) is 10.9 Å². The first-order valence-corrected chi connectivity index (χ1v) is 9.40. The lowest BCUT2D eigenvalue weighted by atomic mass is 9.96. The Bertz CT molecular complexity index is 623. The maximum atomic E-state index is 11.6. The van der Waals surface area contributed by atoms with Crippen molar-refractivity contribution < 1.29 is 4.79 Å². The van der Waals surface area contributed by atoms with E-state index in [-0.39, 0.29) is 17.2 Å². The largest absolute Gasteiger partial charge is 0.356 e. The number of hydrogen-bond donors (Lipinski definition) is 3. The van der Waals surface area contributed by atoms with Gasteiger partial charge in [0.1, 0.15) is 0 Å². The van der Waals surface area contributed by atoms with E-state index >= 15 is 0 Å². The summed E-state index contributed by atoms with van der Waals surface area (Å²) in [5.74, 6) is 1.24. The Labute approximate surface area is 151 Å². The summed E-state index contributed by atoms with van der Waals surface area (Å²) in [7, 11) is 1.77. The quantitative estimate of drug-likeness (QED) is 0.378. The van der Waals surface area contributed by atoms with Gasteiger partial charge in [-0.05, 0) is 43.4 Å². The Morgan fingerprint density at radius 2 is 2.00 bits per heavy atom. The van der Waals surface area contributed by atoms with Crippen LogP contribution in [0.25, 0.3) is 0 Å². The van der Waals surface area contributed by atoms with Crippen LogP contribution in [0.1, 0.15) is 31.2 Å². The van der Waals surface area contributed by atoms with Crippen LogP contribution in [0, 0.1) is 5.92 Å². The van der Waals surface area contributed by atoms with Gasteiger partial charge in [0.25, 0.3) is 0 Å². The normalized spacial score (nSPS) is 18.8. The Hall–Kier alpha value is -1.56. The third kappa shape index (κ3) is 4.50. The van der Waals surface area contributed by atoms with Gasteiger partial charge in [0.15, 0.2) is 5.96 Å². The predicted molar refractivity (Wildman–Crippen MR) is 100 cm³/mol. The number of aliphatic imine (C=N–C) groups is 1. The molecule has 2 aliphatic carbocycles. The SMILES string of the molecule is CN=C(NCCNC(=O)C1CC1)NCC1(c2cccc(Br)c2)CC1. The first-order valence-electron chi connectivity index (χ1n) is 8.61. The van der Waals surface area contributed by atoms with Crippen LogP contribution < -0.4 is 16.0 Å². The van der Waals surface area contributed by atoms with Crippen molar-refractivity contribution in [1.82, 2.24) is 16.0 Å². The first kappa shape index (κ1) is 17.3. The zero-order valence-corrected chi connectivity index (χ0v) is 15.7. The summed E-state index contributed by atoms with van der Waals surface area (Å²) < 4.78 is 1.13. The molecule has 0 spiro atoms. The Morgan fingerprint density at radius 1 is 1.25 bits per heavy atom. The number of guanidine groups is 1. The van der Waals surface area contributed by atoms with Crippen molar-refractivity contribution >= 4 is 27.8 Å². The number of hydrogen-bond acceptors (Lipinski definition) is 2. The van der Waals surface area contributed by atoms with Crippen molar-refractivity contribution in [3.8, 4) is 0 Å². The van der Waals surface area contributed by atoms with E-state index in [1.165, 1.54) is 18.4 Å². The summed E-state index contributed by atoms with van der Waals surface area (Å²) in [5, 5.41) is 9.64. The average molecular weight is 393 g/mol. The standard InChI is InChI=1S/C18H25BrN4O/c1-20-17(22-10-9-21-16(24)13-5-6-13)23-12-18(7-8-18)14-3-2-4-15(19)11-14/h2-4,11,13H,5-10,12H2,1H3,(H,21,24)(H2,20,22,23). The molecule has 5 nitrogen and oxygen atoms in total. The van der Waals surface area contributed by atoms with Gasteiger partial charge in [0.05, 0.1) is 0 Å². The molecule has 0 aliphatic heterocycles. The van der Waals surface area contributed by atoms with Gasteiger partial charge in [0, 0.05) is 42.5 Å². The second-order valence-electron chi connectivity index (χ2n) is 6.71. The van der Waals surface area contributed by atoms with Crippen LogP contribution in [0.2, 0.25) is 0 Å². The van der Waals surface area contributed by atoms with Crippen LogP contribution in [-0.4, -0.2) is 38.5 Å². The molecule has 0 aromatic heterocycles. The lowest BCUT2D eigenvalue weighted by molar-refractivity contribution is -0.122. The number of nitrogens with zero attached hydrogens (tertiary/aromatic N) is 1. The van der Waals surface area contributed by atoms with Gasteiger partial charge in [-0.15, -0.1) is 0 Å². The fourth-order valence-electron chi connectivity index (χ4n) is 2.87. The molecule has 3 N–H and O–H groups in total. The third-order valence-electron chi connectivity index (χ3n) is 4.77. The molecule has 0 radical (unpaired) electrons. The Kier molecular flexibility index (Phi) is 5.43. The number of carbonyl (C=O) groups excluding carboxylic acids is 1. The summed E-state index contributed by atoms with van der Waals surface area (Å²) >= 11 is 3.55. The fraction of sp³-hybridized carbons (Fsp3) is 0.556. The molecule has 6 heteroatoms. The molecule has 1 aromatic rings. The minimum absolute atomic E-state index is 0.186. The van der Waals surface area contributed by atoms with Crippen LogP contribution in [0.5, 0.6) is 0 Å². The van der Waals surface area contributed by atoms with Gasteiger partial charge in [-0.3, -0.25) is 9.79 Å². The zero-order valence-electron chi connectivity index (χ0n) is 14.1. The molecule has 2 saturated carbocycles. The molecule has 24 heavy (non-hydrogen) atoms. The van der Waals surface area contributed by atoms with Crippen molar-refractivity contribution in [2.75, 3.05) is 26.7 Å². The number of rotatable bonds is 7. The highest BCUT2D eigenvalue weighted by Gasteiger charge is 2.44. The molecule has 0 bridgehead atoms. The van der Waals surface area contributed by atoms with Crippen molar-refractivity contribution in [3.05, 3.63) is 34.3 Å². The van der Waals surface area contributed by atoms with Gasteiger partial charge in [-0.2, -0.15) is 0 Å². The molecular formula is C18H25BrN4O. The van der Waals surface area contributed by atoms with Crippen LogP contribution in [0.3, 0.4) is 0 Å². The highest BCUT2D eigenvalue weighted by molar-refractivity contribution is 9.10. The van der Waals surface area contributed by atoms with Gasteiger partial charge >= 0.3 is 0 Å². The molecule has 0 saturated heterocycles. The van der Waals surface area contributed by atoms with Gasteiger partial charge in [-0.25, -0.2) is 0 Å². The zero-order chi connectivity index (χ0) is 17.0. The summed E-state index contributed by atoms with van der Waals surface area (Å²) in [6.45, 7) is 2.19. The van der Waals surface area contributed by atoms with E-state index in [2.05, 4.69) is 61.1 Å². The highest BCUT2D eigenvalue weighted by Crippen LogP contribution is 2.48. The molecular weight excluding hydrogens is 368 g/mol. The predicted octanol–water partition coefficient (Wildman–Crippen LogP) is 2.17. The maximum Gasteiger partial charge on any atom is 0.223 e. The van der Waals surface area contributed by atoms with E-state index in [9.17, 15) is 4.79 Å². The number of amides is 1. The summed E-state index contributed by atoms with van der Waals surface area (Å²) in [4.78, 5) is 15.8. The minimum Gasteiger partial charge on any atom is -0.356 e. The average Bonchev–Trinajstić information content (AvgIpc) is 3.48. The molecule has 0 atom stereocenters. The first-order chi connectivity index (χ1) is 11.6. The molecule has 2 fully saturated rings. The van der Waals surface area contributed by atoms with E-state index in [1.54, 1.807) is 7.05 Å². The number of halogens is 1. The van der Waals surface area contributed by atoms with Crippen molar-refractivity contribution in [1.29, 1.82) is 0 Å². The smallest absolute Gasteiger partial charge is 0.223 e. The third-order valence-corrected chi connectivity index (χ3v) is 5.27. The Balaban J connectivity index is 1.41. The second kappa shape index (κ2) is 7.55. The summed E-state index contributed by atoms with van der Waals surface area (Å²) in [6.07, 6.45) is 4.48. The van der Waals surface area contributed by atoms with Gasteiger partial charge < -0.3 is 16.0 Å². The molecule has 2 aliphatic rings. The molecule has 0 heterocycles. The minimum atomic E-state index is 0.186. The topological polar surface area (TPSA) is 65.5 Å². The monoisotopic (exact) mass is 392 g/mol. The fourth-order valence-corrected chi connectivity index (χ4v) is 3.27. The van der Waals surface area contributed by atoms with Crippen LogP contribution >= 0.6 is 15.9 Å². The Morgan fingerprint density at radius 3 is 2.62 bits per heavy atom. The van der Waals surface area contributed by atoms with E-state index in [0.717, 1.165) is 29.8 Å². The van der Waals surface area contributed by atoms with Crippen LogP contribution in [0.4, 0.5) is 0 Å². The van der Waals surface area contributed by atoms with E-state index < -0.39 is 0 Å². The molecule has 3 rings (SSSR count). The van der Waals surface area contributed by atoms with Crippen molar-refractivity contribution in [3.63, 3.8) is 0 Å². The number of nitrogens with one attached hydrogen (secondary N) is 3. The molecule has 1 amide bonds. The lowest BCUT2D eigenvalue weighted by Gasteiger charge is -2.19. The van der Waals surface area contributed by atoms with E-state index in [0.29, 0.717) is 13.1 Å². The lowest BCUT2D eigenvalue weighted by Crippen LogP contribution is -2.44. The van der Waals surface area contributed by atoms with Crippen LogP contribution in [-0.2, 0) is 10.2 Å². The molecule has 1 aromatic carbocycles. The maximum absolute atomic E-state index is 11.6. The molecule has 0 unspecified atom stereocenters. The molecule has 130 valence electrons. The number of benzene rings is 1. The van der Waals surface area contributed by atoms with Gasteiger partial charge in [-0.1, -0.05) is 28.1 Å². The van der Waals surface area contributed by atoms with Crippen molar-refractivity contribution in [2.45, 2.75) is 31.1 Å². The highest BCUT2D eigenvalue weighted by atomic mass is 79.9. The number of carbonyl (C=O) groups is 1. The summed E-state index contributed by atoms with van der Waals surface area (Å²) in [6, 6.07) is 8.56. The van der Waals surface area contributed by atoms with E-state index in [1.807, 2.05) is 0 Å². The van der Waals surface area contributed by atoms with Gasteiger partial charge in [0.2, 0.25) is 5.91 Å².